The highest BCUT2D eigenvalue weighted by atomic mass is 16.2. The molecular weight excluding hydrogens is 386 g/mol. The molecule has 0 saturated carbocycles. The van der Waals surface area contributed by atoms with E-state index in [1.54, 1.807) is 4.57 Å². The standard InChI is InChI=1S/C26H33N3O2/c1-7-23(28(16-17(2)3)25(30)18(4)5)24-27-22-14-9-8-13-21(22)26(31)29(24)20-12-10-11-19(6)15-20/h8-15,17-18,23H,7,16H2,1-6H3. The Hall–Kier alpha value is -2.95. The Morgan fingerprint density at radius 3 is 2.39 bits per heavy atom. The van der Waals surface area contributed by atoms with Gasteiger partial charge in [-0.15, -0.1) is 0 Å². The molecular formula is C26H33N3O2. The van der Waals surface area contributed by atoms with Crippen molar-refractivity contribution in [2.75, 3.05) is 6.54 Å². The third kappa shape index (κ3) is 4.71. The highest BCUT2D eigenvalue weighted by Crippen LogP contribution is 2.28. The maximum atomic E-state index is 13.6. The average molecular weight is 420 g/mol. The van der Waals surface area contributed by atoms with Gasteiger partial charge in [-0.05, 0) is 49.1 Å². The Morgan fingerprint density at radius 2 is 1.77 bits per heavy atom. The summed E-state index contributed by atoms with van der Waals surface area (Å²) in [4.78, 5) is 33.7. The van der Waals surface area contributed by atoms with E-state index in [0.717, 1.165) is 11.3 Å². The molecule has 0 bridgehead atoms. The number of para-hydroxylation sites is 1. The summed E-state index contributed by atoms with van der Waals surface area (Å²) in [6, 6.07) is 15.0. The van der Waals surface area contributed by atoms with Gasteiger partial charge in [-0.2, -0.15) is 0 Å². The van der Waals surface area contributed by atoms with Crippen molar-refractivity contribution in [1.82, 2.24) is 14.5 Å². The highest BCUT2D eigenvalue weighted by molar-refractivity contribution is 5.80. The lowest BCUT2D eigenvalue weighted by molar-refractivity contribution is -0.138. The molecule has 1 amide bonds. The van der Waals surface area contributed by atoms with Crippen molar-refractivity contribution in [1.29, 1.82) is 0 Å². The minimum absolute atomic E-state index is 0.0822. The van der Waals surface area contributed by atoms with Crippen LogP contribution in [0.1, 0.15) is 58.5 Å². The first-order valence-electron chi connectivity index (χ1n) is 11.1. The Morgan fingerprint density at radius 1 is 1.06 bits per heavy atom. The number of nitrogens with zero attached hydrogens (tertiary/aromatic N) is 3. The van der Waals surface area contributed by atoms with Crippen molar-refractivity contribution < 1.29 is 4.79 Å². The second-order valence-electron chi connectivity index (χ2n) is 8.93. The van der Waals surface area contributed by atoms with Crippen LogP contribution in [0.4, 0.5) is 0 Å². The Bertz CT molecular complexity index is 1130. The SMILES string of the molecule is CCC(c1nc2ccccc2c(=O)n1-c1cccc(C)c1)N(CC(C)C)C(=O)C(C)C. The molecule has 5 nitrogen and oxygen atoms in total. The first-order chi connectivity index (χ1) is 14.7. The van der Waals surface area contributed by atoms with Gasteiger partial charge < -0.3 is 4.90 Å². The number of hydrogen-bond donors (Lipinski definition) is 0. The molecule has 31 heavy (non-hydrogen) atoms. The molecule has 1 aromatic heterocycles. The van der Waals surface area contributed by atoms with E-state index in [9.17, 15) is 9.59 Å². The van der Waals surface area contributed by atoms with E-state index >= 15 is 0 Å². The monoisotopic (exact) mass is 419 g/mol. The molecule has 1 heterocycles. The van der Waals surface area contributed by atoms with Crippen molar-refractivity contribution in [2.24, 2.45) is 11.8 Å². The fourth-order valence-electron chi connectivity index (χ4n) is 4.03. The summed E-state index contributed by atoms with van der Waals surface area (Å²) < 4.78 is 1.70. The number of rotatable bonds is 7. The van der Waals surface area contributed by atoms with Gasteiger partial charge in [-0.3, -0.25) is 14.2 Å². The molecule has 3 rings (SSSR count). The average Bonchev–Trinajstić information content (AvgIpc) is 2.73. The maximum Gasteiger partial charge on any atom is 0.266 e. The van der Waals surface area contributed by atoms with Crippen molar-refractivity contribution in [3.63, 3.8) is 0 Å². The van der Waals surface area contributed by atoms with E-state index in [0.29, 0.717) is 35.6 Å². The van der Waals surface area contributed by atoms with Crippen LogP contribution in [0, 0.1) is 18.8 Å². The molecule has 0 spiro atoms. The zero-order valence-corrected chi connectivity index (χ0v) is 19.4. The third-order valence-electron chi connectivity index (χ3n) is 5.46. The van der Waals surface area contributed by atoms with Crippen LogP contribution < -0.4 is 5.56 Å². The van der Waals surface area contributed by atoms with E-state index in [4.69, 9.17) is 4.98 Å². The Balaban J connectivity index is 2.33. The number of amides is 1. The van der Waals surface area contributed by atoms with Crippen molar-refractivity contribution in [2.45, 2.75) is 54.0 Å². The van der Waals surface area contributed by atoms with Crippen LogP contribution in [-0.4, -0.2) is 26.9 Å². The molecule has 0 N–H and O–H groups in total. The molecule has 3 aromatic rings. The van der Waals surface area contributed by atoms with Crippen molar-refractivity contribution in [3.8, 4) is 5.69 Å². The summed E-state index contributed by atoms with van der Waals surface area (Å²) in [5, 5.41) is 0.577. The molecule has 1 unspecified atom stereocenters. The minimum Gasteiger partial charge on any atom is -0.332 e. The number of fused-ring (bicyclic) bond motifs is 1. The molecule has 0 saturated heterocycles. The Kier molecular flexibility index (Phi) is 6.94. The second-order valence-corrected chi connectivity index (χ2v) is 8.93. The van der Waals surface area contributed by atoms with Gasteiger partial charge in [0.1, 0.15) is 5.82 Å². The molecule has 164 valence electrons. The first kappa shape index (κ1) is 22.7. The van der Waals surface area contributed by atoms with Gasteiger partial charge in [0.25, 0.3) is 5.56 Å². The van der Waals surface area contributed by atoms with Crippen LogP contribution in [0.5, 0.6) is 0 Å². The lowest BCUT2D eigenvalue weighted by atomic mass is 10.0. The number of hydrogen-bond acceptors (Lipinski definition) is 3. The molecule has 0 aliphatic rings. The van der Waals surface area contributed by atoms with E-state index in [1.807, 2.05) is 81.1 Å². The zero-order chi connectivity index (χ0) is 22.7. The predicted molar refractivity (Wildman–Crippen MR) is 126 cm³/mol. The van der Waals surface area contributed by atoms with Crippen LogP contribution in [0.3, 0.4) is 0 Å². The number of aryl methyl sites for hydroxylation is 1. The van der Waals surface area contributed by atoms with E-state index in [-0.39, 0.29) is 23.4 Å². The predicted octanol–water partition coefficient (Wildman–Crippen LogP) is 5.29. The van der Waals surface area contributed by atoms with Gasteiger partial charge in [-0.1, -0.05) is 58.9 Å². The summed E-state index contributed by atoms with van der Waals surface area (Å²) in [5.41, 5.74) is 2.39. The van der Waals surface area contributed by atoms with Gasteiger partial charge in [-0.25, -0.2) is 4.98 Å². The van der Waals surface area contributed by atoms with Gasteiger partial charge in [0, 0.05) is 12.5 Å². The number of carbonyl (C=O) groups excluding carboxylic acids is 1. The maximum absolute atomic E-state index is 13.6. The van der Waals surface area contributed by atoms with E-state index < -0.39 is 0 Å². The van der Waals surface area contributed by atoms with Crippen molar-refractivity contribution in [3.05, 3.63) is 70.3 Å². The van der Waals surface area contributed by atoms with E-state index in [2.05, 4.69) is 13.8 Å². The Labute approximate surface area is 184 Å². The first-order valence-corrected chi connectivity index (χ1v) is 11.1. The number of benzene rings is 2. The van der Waals surface area contributed by atoms with Crippen LogP contribution in [-0.2, 0) is 4.79 Å². The fraction of sp³-hybridized carbons (Fsp3) is 0.423. The van der Waals surface area contributed by atoms with Gasteiger partial charge >= 0.3 is 0 Å². The third-order valence-corrected chi connectivity index (χ3v) is 5.46. The molecule has 1 atom stereocenters. The van der Waals surface area contributed by atoms with Crippen LogP contribution in [0.15, 0.2) is 53.3 Å². The van der Waals surface area contributed by atoms with Gasteiger partial charge in [0.2, 0.25) is 5.91 Å². The molecule has 0 fully saturated rings. The van der Waals surface area contributed by atoms with E-state index in [1.165, 1.54) is 0 Å². The number of carbonyl (C=O) groups is 1. The van der Waals surface area contributed by atoms with Crippen LogP contribution >= 0.6 is 0 Å². The summed E-state index contributed by atoms with van der Waals surface area (Å²) in [5.74, 6) is 0.869. The quantitative estimate of drug-likeness (QED) is 0.523. The summed E-state index contributed by atoms with van der Waals surface area (Å²) in [6.45, 7) is 12.7. The lowest BCUT2D eigenvalue weighted by Gasteiger charge is -2.34. The number of aromatic nitrogens is 2. The summed E-state index contributed by atoms with van der Waals surface area (Å²) >= 11 is 0. The normalized spacial score (nSPS) is 12.5. The topological polar surface area (TPSA) is 55.2 Å². The smallest absolute Gasteiger partial charge is 0.266 e. The lowest BCUT2D eigenvalue weighted by Crippen LogP contribution is -2.42. The minimum atomic E-state index is -0.296. The molecule has 0 aliphatic carbocycles. The molecule has 0 aliphatic heterocycles. The van der Waals surface area contributed by atoms with Gasteiger partial charge in [0.05, 0.1) is 22.6 Å². The zero-order valence-electron chi connectivity index (χ0n) is 19.4. The van der Waals surface area contributed by atoms with Crippen LogP contribution in [0.25, 0.3) is 16.6 Å². The second kappa shape index (κ2) is 9.46. The van der Waals surface area contributed by atoms with Gasteiger partial charge in [0.15, 0.2) is 0 Å². The molecule has 0 radical (unpaired) electrons. The highest BCUT2D eigenvalue weighted by Gasteiger charge is 2.30. The fourth-order valence-corrected chi connectivity index (χ4v) is 4.03. The summed E-state index contributed by atoms with van der Waals surface area (Å²) in [7, 11) is 0. The van der Waals surface area contributed by atoms with Crippen LogP contribution in [0.2, 0.25) is 0 Å². The summed E-state index contributed by atoms with van der Waals surface area (Å²) in [6.07, 6.45) is 0.668. The molecule has 5 heteroatoms. The molecule has 2 aromatic carbocycles. The van der Waals surface area contributed by atoms with Crippen molar-refractivity contribution >= 4 is 16.8 Å². The largest absolute Gasteiger partial charge is 0.332 e.